The van der Waals surface area contributed by atoms with Crippen LogP contribution >= 0.6 is 0 Å². The molecule has 2 heteroatoms. The van der Waals surface area contributed by atoms with Gasteiger partial charge in [0, 0.05) is 0 Å². The van der Waals surface area contributed by atoms with Gasteiger partial charge in [-0.2, -0.15) is 0 Å². The van der Waals surface area contributed by atoms with Gasteiger partial charge >= 0.3 is 0 Å². The first-order chi connectivity index (χ1) is 10.6. The van der Waals surface area contributed by atoms with E-state index in [0.29, 0.717) is 6.61 Å². The highest BCUT2D eigenvalue weighted by molar-refractivity contribution is 5.14. The molecule has 2 nitrogen and oxygen atoms in total. The standard InChI is InChI=1S/C20H32O2/c1-4-6-7-8-9-13-16-19(21)20(3,5-2)22-17-18-14-11-10-12-15-18/h5,10-12,14-15,19,21H,2,4,6-9,13,16-17H2,1,3H3/t19-,20-/m1/s1. The van der Waals surface area contributed by atoms with Gasteiger partial charge in [-0.1, -0.05) is 81.9 Å². The minimum atomic E-state index is -0.681. The summed E-state index contributed by atoms with van der Waals surface area (Å²) in [7, 11) is 0. The van der Waals surface area contributed by atoms with Gasteiger partial charge in [-0.05, 0) is 18.9 Å². The van der Waals surface area contributed by atoms with Crippen LogP contribution in [0.2, 0.25) is 0 Å². The van der Waals surface area contributed by atoms with Gasteiger partial charge in [0.1, 0.15) is 5.60 Å². The highest BCUT2D eigenvalue weighted by Gasteiger charge is 2.30. The highest BCUT2D eigenvalue weighted by Crippen LogP contribution is 2.23. The maximum atomic E-state index is 10.5. The Kier molecular flexibility index (Phi) is 9.10. The minimum absolute atomic E-state index is 0.497. The summed E-state index contributed by atoms with van der Waals surface area (Å²) in [5, 5.41) is 10.5. The van der Waals surface area contributed by atoms with Crippen molar-refractivity contribution in [1.29, 1.82) is 0 Å². The van der Waals surface area contributed by atoms with Crippen molar-refractivity contribution in [2.75, 3.05) is 0 Å². The largest absolute Gasteiger partial charge is 0.390 e. The monoisotopic (exact) mass is 304 g/mol. The average molecular weight is 304 g/mol. The Morgan fingerprint density at radius 2 is 1.77 bits per heavy atom. The third-order valence-corrected chi connectivity index (χ3v) is 4.29. The van der Waals surface area contributed by atoms with E-state index in [1.54, 1.807) is 6.08 Å². The van der Waals surface area contributed by atoms with Crippen molar-refractivity contribution in [1.82, 2.24) is 0 Å². The summed E-state index contributed by atoms with van der Waals surface area (Å²) in [6.07, 6.45) is 9.37. The number of unbranched alkanes of at least 4 members (excludes halogenated alkanes) is 5. The van der Waals surface area contributed by atoms with Crippen LogP contribution < -0.4 is 0 Å². The molecule has 2 atom stereocenters. The van der Waals surface area contributed by atoms with Gasteiger partial charge in [-0.15, -0.1) is 6.58 Å². The fourth-order valence-corrected chi connectivity index (χ4v) is 2.51. The number of aliphatic hydroxyl groups excluding tert-OH is 1. The molecule has 0 radical (unpaired) electrons. The second-order valence-electron chi connectivity index (χ2n) is 6.23. The fourth-order valence-electron chi connectivity index (χ4n) is 2.51. The summed E-state index contributed by atoms with van der Waals surface area (Å²) in [6.45, 7) is 8.49. The van der Waals surface area contributed by atoms with Gasteiger partial charge in [-0.25, -0.2) is 0 Å². The molecule has 22 heavy (non-hydrogen) atoms. The number of hydrogen-bond donors (Lipinski definition) is 1. The molecule has 1 aromatic rings. The molecule has 0 unspecified atom stereocenters. The van der Waals surface area contributed by atoms with Crippen molar-refractivity contribution in [3.8, 4) is 0 Å². The second-order valence-corrected chi connectivity index (χ2v) is 6.23. The summed E-state index contributed by atoms with van der Waals surface area (Å²) >= 11 is 0. The predicted octanol–water partition coefficient (Wildman–Crippen LogP) is 5.26. The van der Waals surface area contributed by atoms with Crippen molar-refractivity contribution in [2.24, 2.45) is 0 Å². The zero-order valence-corrected chi connectivity index (χ0v) is 14.3. The fraction of sp³-hybridized carbons (Fsp3) is 0.600. The minimum Gasteiger partial charge on any atom is -0.390 e. The van der Waals surface area contributed by atoms with E-state index < -0.39 is 11.7 Å². The zero-order valence-electron chi connectivity index (χ0n) is 14.3. The summed E-state index contributed by atoms with van der Waals surface area (Å²) in [6, 6.07) is 10.0. The molecule has 0 saturated carbocycles. The van der Waals surface area contributed by atoms with Gasteiger partial charge in [-0.3, -0.25) is 0 Å². The second kappa shape index (κ2) is 10.6. The van der Waals surface area contributed by atoms with Crippen LogP contribution in [-0.2, 0) is 11.3 Å². The molecular weight excluding hydrogens is 272 g/mol. The van der Waals surface area contributed by atoms with E-state index >= 15 is 0 Å². The molecule has 0 aliphatic heterocycles. The maximum absolute atomic E-state index is 10.5. The van der Waals surface area contributed by atoms with Crippen LogP contribution in [0.1, 0.15) is 64.4 Å². The molecule has 1 rings (SSSR count). The Morgan fingerprint density at radius 1 is 1.14 bits per heavy atom. The van der Waals surface area contributed by atoms with Crippen LogP contribution in [0, 0.1) is 0 Å². The lowest BCUT2D eigenvalue weighted by atomic mass is 9.93. The van der Waals surface area contributed by atoms with Crippen LogP contribution in [0.5, 0.6) is 0 Å². The summed E-state index contributed by atoms with van der Waals surface area (Å²) in [5.74, 6) is 0. The first kappa shape index (κ1) is 18.9. The van der Waals surface area contributed by atoms with Crippen LogP contribution in [0.3, 0.4) is 0 Å². The van der Waals surface area contributed by atoms with Crippen molar-refractivity contribution in [3.63, 3.8) is 0 Å². The normalized spacial score (nSPS) is 15.2. The molecule has 0 spiro atoms. The number of aliphatic hydroxyl groups is 1. The third kappa shape index (κ3) is 6.76. The molecule has 1 N–H and O–H groups in total. The molecule has 0 aliphatic carbocycles. The van der Waals surface area contributed by atoms with Crippen molar-refractivity contribution < 1.29 is 9.84 Å². The Balaban J connectivity index is 2.34. The highest BCUT2D eigenvalue weighted by atomic mass is 16.5. The van der Waals surface area contributed by atoms with Crippen molar-refractivity contribution in [3.05, 3.63) is 48.6 Å². The van der Waals surface area contributed by atoms with Crippen LogP contribution in [0.15, 0.2) is 43.0 Å². The molecule has 0 bridgehead atoms. The molecule has 0 saturated heterocycles. The van der Waals surface area contributed by atoms with Gasteiger partial charge in [0.25, 0.3) is 0 Å². The SMILES string of the molecule is C=C[C@@](C)(OCc1ccccc1)[C@H](O)CCCCCCCC. The average Bonchev–Trinajstić information content (AvgIpc) is 2.56. The number of ether oxygens (including phenoxy) is 1. The Hall–Kier alpha value is -1.12. The lowest BCUT2D eigenvalue weighted by molar-refractivity contribution is -0.0918. The van der Waals surface area contributed by atoms with Crippen LogP contribution in [-0.4, -0.2) is 16.8 Å². The van der Waals surface area contributed by atoms with Gasteiger partial charge in [0.05, 0.1) is 12.7 Å². The van der Waals surface area contributed by atoms with E-state index in [9.17, 15) is 5.11 Å². The predicted molar refractivity (Wildman–Crippen MR) is 93.8 cm³/mol. The topological polar surface area (TPSA) is 29.5 Å². The summed E-state index contributed by atoms with van der Waals surface area (Å²) < 4.78 is 5.95. The van der Waals surface area contributed by atoms with E-state index in [4.69, 9.17) is 4.74 Å². The molecule has 0 amide bonds. The smallest absolute Gasteiger partial charge is 0.109 e. The molecule has 0 fully saturated rings. The molecule has 0 heterocycles. The lowest BCUT2D eigenvalue weighted by Gasteiger charge is -2.32. The van der Waals surface area contributed by atoms with E-state index in [-0.39, 0.29) is 0 Å². The zero-order chi connectivity index (χ0) is 16.3. The molecular formula is C20H32O2. The van der Waals surface area contributed by atoms with Crippen molar-refractivity contribution in [2.45, 2.75) is 77.1 Å². The summed E-state index contributed by atoms with van der Waals surface area (Å²) in [4.78, 5) is 0. The first-order valence-electron chi connectivity index (χ1n) is 8.62. The number of rotatable bonds is 12. The molecule has 124 valence electrons. The van der Waals surface area contributed by atoms with E-state index in [2.05, 4.69) is 13.5 Å². The quantitative estimate of drug-likeness (QED) is 0.421. The van der Waals surface area contributed by atoms with Gasteiger partial charge in [0.2, 0.25) is 0 Å². The number of benzene rings is 1. The van der Waals surface area contributed by atoms with E-state index in [1.165, 1.54) is 32.1 Å². The molecule has 0 aliphatic rings. The van der Waals surface area contributed by atoms with Gasteiger partial charge in [0.15, 0.2) is 0 Å². The Labute approximate surface area is 136 Å². The van der Waals surface area contributed by atoms with Gasteiger partial charge < -0.3 is 9.84 Å². The number of hydrogen-bond acceptors (Lipinski definition) is 2. The third-order valence-electron chi connectivity index (χ3n) is 4.29. The molecule has 1 aromatic carbocycles. The van der Waals surface area contributed by atoms with E-state index in [0.717, 1.165) is 18.4 Å². The van der Waals surface area contributed by atoms with Crippen LogP contribution in [0.4, 0.5) is 0 Å². The Bertz CT molecular complexity index is 401. The first-order valence-corrected chi connectivity index (χ1v) is 8.62. The summed E-state index contributed by atoms with van der Waals surface area (Å²) in [5.41, 5.74) is 0.432. The van der Waals surface area contributed by atoms with Crippen LogP contribution in [0.25, 0.3) is 0 Å². The molecule has 0 aromatic heterocycles. The lowest BCUT2D eigenvalue weighted by Crippen LogP contribution is -2.40. The maximum Gasteiger partial charge on any atom is 0.109 e. The Morgan fingerprint density at radius 3 is 2.41 bits per heavy atom. The van der Waals surface area contributed by atoms with Crippen molar-refractivity contribution >= 4 is 0 Å². The van der Waals surface area contributed by atoms with E-state index in [1.807, 2.05) is 37.3 Å².